The van der Waals surface area contributed by atoms with Crippen LogP contribution in [-0.2, 0) is 6.54 Å². The average molecular weight is 475 g/mol. The van der Waals surface area contributed by atoms with Crippen LogP contribution >= 0.6 is 0 Å². The second-order valence-corrected chi connectivity index (χ2v) is 7.93. The lowest BCUT2D eigenvalue weighted by atomic mass is 10.1. The van der Waals surface area contributed by atoms with Crippen molar-refractivity contribution in [3.63, 3.8) is 0 Å². The maximum Gasteiger partial charge on any atom is 0.321 e. The molecule has 178 valence electrons. The fourth-order valence-electron chi connectivity index (χ4n) is 3.64. The van der Waals surface area contributed by atoms with Gasteiger partial charge in [0.15, 0.2) is 0 Å². The zero-order valence-corrected chi connectivity index (χ0v) is 18.7. The first-order chi connectivity index (χ1) is 16.9. The molecule has 0 atom stereocenters. The second-order valence-electron chi connectivity index (χ2n) is 7.93. The van der Waals surface area contributed by atoms with Crippen molar-refractivity contribution in [1.82, 2.24) is 14.9 Å². The molecule has 0 aliphatic carbocycles. The summed E-state index contributed by atoms with van der Waals surface area (Å²) < 4.78 is 14.3. The third-order valence-corrected chi connectivity index (χ3v) is 5.43. The molecule has 0 bridgehead atoms. The molecule has 0 saturated carbocycles. The van der Waals surface area contributed by atoms with Crippen LogP contribution in [0.25, 0.3) is 0 Å². The SMILES string of the molecule is N#Cc1cccc(CNc2nc(Nc3ccc(F)c(NC(=O)N4CCCC4)c3)ncc2C(N)=O)c1. The number of anilines is 4. The summed E-state index contributed by atoms with van der Waals surface area (Å²) in [4.78, 5) is 34.3. The third kappa shape index (κ3) is 5.80. The fraction of sp³-hybridized carbons (Fsp3) is 0.208. The maximum atomic E-state index is 14.3. The summed E-state index contributed by atoms with van der Waals surface area (Å²) in [6, 6.07) is 12.9. The summed E-state index contributed by atoms with van der Waals surface area (Å²) in [6.07, 6.45) is 3.14. The minimum atomic E-state index is -0.710. The molecule has 1 aromatic heterocycles. The molecule has 4 rings (SSSR count). The molecule has 1 aliphatic heterocycles. The standard InChI is InChI=1S/C24H23FN8O2/c25-19-7-6-17(11-20(19)31-24(35)33-8-1-2-9-33)30-23-29-14-18(21(27)34)22(32-23)28-13-16-5-3-4-15(10-16)12-26/h3-7,10-11,14H,1-2,8-9,13H2,(H2,27,34)(H,31,35)(H2,28,29,30,32). The van der Waals surface area contributed by atoms with Gasteiger partial charge in [-0.15, -0.1) is 0 Å². The topological polar surface area (TPSA) is 149 Å². The van der Waals surface area contributed by atoms with Crippen LogP contribution in [0.4, 0.5) is 32.3 Å². The van der Waals surface area contributed by atoms with Crippen molar-refractivity contribution in [1.29, 1.82) is 5.26 Å². The van der Waals surface area contributed by atoms with E-state index >= 15 is 0 Å². The van der Waals surface area contributed by atoms with Crippen LogP contribution in [0.15, 0.2) is 48.7 Å². The van der Waals surface area contributed by atoms with Crippen molar-refractivity contribution in [2.75, 3.05) is 29.0 Å². The van der Waals surface area contributed by atoms with Crippen LogP contribution in [0.1, 0.15) is 34.3 Å². The van der Waals surface area contributed by atoms with Crippen LogP contribution in [0.2, 0.25) is 0 Å². The van der Waals surface area contributed by atoms with Crippen LogP contribution in [-0.4, -0.2) is 39.9 Å². The number of hydrogen-bond acceptors (Lipinski definition) is 7. The zero-order chi connectivity index (χ0) is 24.8. The first-order valence-electron chi connectivity index (χ1n) is 10.9. The number of primary amides is 1. The second kappa shape index (κ2) is 10.5. The Bertz CT molecular complexity index is 1300. The highest BCUT2D eigenvalue weighted by molar-refractivity contribution is 5.97. The van der Waals surface area contributed by atoms with Gasteiger partial charge < -0.3 is 26.6 Å². The summed E-state index contributed by atoms with van der Waals surface area (Å²) >= 11 is 0. The van der Waals surface area contributed by atoms with Crippen molar-refractivity contribution >= 4 is 35.1 Å². The number of amides is 3. The molecular weight excluding hydrogens is 451 g/mol. The van der Waals surface area contributed by atoms with Gasteiger partial charge in [-0.25, -0.2) is 14.2 Å². The number of carbonyl (C=O) groups is 2. The molecule has 35 heavy (non-hydrogen) atoms. The Morgan fingerprint density at radius 3 is 2.71 bits per heavy atom. The van der Waals surface area contributed by atoms with E-state index in [0.29, 0.717) is 24.3 Å². The number of halogens is 1. The van der Waals surface area contributed by atoms with E-state index in [1.54, 1.807) is 23.1 Å². The van der Waals surface area contributed by atoms with Gasteiger partial charge in [0.1, 0.15) is 11.6 Å². The monoisotopic (exact) mass is 474 g/mol. The van der Waals surface area contributed by atoms with Gasteiger partial charge in [-0.2, -0.15) is 10.2 Å². The van der Waals surface area contributed by atoms with E-state index in [0.717, 1.165) is 18.4 Å². The number of likely N-dealkylation sites (tertiary alicyclic amines) is 1. The van der Waals surface area contributed by atoms with E-state index in [9.17, 15) is 14.0 Å². The number of carbonyl (C=O) groups excluding carboxylic acids is 2. The highest BCUT2D eigenvalue weighted by atomic mass is 19.1. The summed E-state index contributed by atoms with van der Waals surface area (Å²) in [6.45, 7) is 1.57. The summed E-state index contributed by atoms with van der Waals surface area (Å²) in [5.74, 6) is -0.956. The minimum absolute atomic E-state index is 0.0244. The number of aromatic nitrogens is 2. The molecule has 0 unspecified atom stereocenters. The number of nitrogens with two attached hydrogens (primary N) is 1. The van der Waals surface area contributed by atoms with Crippen molar-refractivity contribution in [2.45, 2.75) is 19.4 Å². The first-order valence-corrected chi connectivity index (χ1v) is 10.9. The van der Waals surface area contributed by atoms with Gasteiger partial charge in [0.25, 0.3) is 5.91 Å². The van der Waals surface area contributed by atoms with Gasteiger partial charge in [0, 0.05) is 31.5 Å². The number of nitriles is 1. The van der Waals surface area contributed by atoms with Crippen molar-refractivity contribution in [2.24, 2.45) is 5.73 Å². The number of benzene rings is 2. The highest BCUT2D eigenvalue weighted by Gasteiger charge is 2.19. The van der Waals surface area contributed by atoms with E-state index in [4.69, 9.17) is 11.0 Å². The van der Waals surface area contributed by atoms with Crippen LogP contribution in [0, 0.1) is 17.1 Å². The lowest BCUT2D eigenvalue weighted by Crippen LogP contribution is -2.32. The van der Waals surface area contributed by atoms with Crippen molar-refractivity contribution in [3.8, 4) is 6.07 Å². The zero-order valence-electron chi connectivity index (χ0n) is 18.7. The minimum Gasteiger partial charge on any atom is -0.365 e. The molecule has 0 radical (unpaired) electrons. The third-order valence-electron chi connectivity index (χ3n) is 5.43. The molecule has 0 spiro atoms. The van der Waals surface area contributed by atoms with E-state index < -0.39 is 11.7 Å². The van der Waals surface area contributed by atoms with E-state index in [1.165, 1.54) is 24.4 Å². The van der Waals surface area contributed by atoms with Gasteiger partial charge in [-0.3, -0.25) is 4.79 Å². The largest absolute Gasteiger partial charge is 0.365 e. The maximum absolute atomic E-state index is 14.3. The van der Waals surface area contributed by atoms with Gasteiger partial charge in [0.05, 0.1) is 22.9 Å². The molecule has 3 aromatic rings. The summed E-state index contributed by atoms with van der Waals surface area (Å²) in [5.41, 5.74) is 7.32. The quantitative estimate of drug-likeness (QED) is 0.409. The number of rotatable bonds is 7. The molecule has 1 saturated heterocycles. The molecule has 11 heteroatoms. The molecular formula is C24H23FN8O2. The molecule has 1 aliphatic rings. The summed E-state index contributed by atoms with van der Waals surface area (Å²) in [5, 5.41) is 17.7. The Morgan fingerprint density at radius 1 is 1.17 bits per heavy atom. The molecule has 10 nitrogen and oxygen atoms in total. The number of hydrogen-bond donors (Lipinski definition) is 4. The number of nitrogens with zero attached hydrogens (tertiary/aromatic N) is 4. The van der Waals surface area contributed by atoms with Crippen molar-refractivity contribution in [3.05, 3.63) is 71.2 Å². The van der Waals surface area contributed by atoms with Gasteiger partial charge >= 0.3 is 6.03 Å². The Balaban J connectivity index is 1.51. The summed E-state index contributed by atoms with van der Waals surface area (Å²) in [7, 11) is 0. The van der Waals surface area contributed by atoms with Crippen LogP contribution < -0.4 is 21.7 Å². The molecule has 5 N–H and O–H groups in total. The lowest BCUT2D eigenvalue weighted by molar-refractivity contribution is 0.100. The Labute approximate surface area is 201 Å². The van der Waals surface area contributed by atoms with E-state index in [2.05, 4.69) is 32.0 Å². The smallest absolute Gasteiger partial charge is 0.321 e. The molecule has 1 fully saturated rings. The van der Waals surface area contributed by atoms with Crippen LogP contribution in [0.5, 0.6) is 0 Å². The fourth-order valence-corrected chi connectivity index (χ4v) is 3.64. The lowest BCUT2D eigenvalue weighted by Gasteiger charge is -2.17. The van der Waals surface area contributed by atoms with Crippen LogP contribution in [0.3, 0.4) is 0 Å². The molecule has 2 heterocycles. The number of urea groups is 1. The molecule has 3 amide bonds. The van der Waals surface area contributed by atoms with E-state index in [-0.39, 0.29) is 35.6 Å². The van der Waals surface area contributed by atoms with Crippen molar-refractivity contribution < 1.29 is 14.0 Å². The Hall–Kier alpha value is -4.72. The van der Waals surface area contributed by atoms with Gasteiger partial charge in [-0.1, -0.05) is 12.1 Å². The predicted molar refractivity (Wildman–Crippen MR) is 129 cm³/mol. The van der Waals surface area contributed by atoms with Gasteiger partial charge in [-0.05, 0) is 48.7 Å². The van der Waals surface area contributed by atoms with E-state index in [1.807, 2.05) is 6.07 Å². The average Bonchev–Trinajstić information content (AvgIpc) is 3.40. The highest BCUT2D eigenvalue weighted by Crippen LogP contribution is 2.24. The first kappa shape index (κ1) is 23.4. The Morgan fingerprint density at radius 2 is 1.97 bits per heavy atom. The Kier molecular flexibility index (Phi) is 7.02. The number of nitrogens with one attached hydrogen (secondary N) is 3. The van der Waals surface area contributed by atoms with Gasteiger partial charge in [0.2, 0.25) is 5.95 Å². The molecule has 2 aromatic carbocycles. The normalized spacial score (nSPS) is 12.6. The predicted octanol–water partition coefficient (Wildman–Crippen LogP) is 3.57.